The van der Waals surface area contributed by atoms with Crippen LogP contribution in [-0.2, 0) is 18.3 Å². The first kappa shape index (κ1) is 31.2. The fraction of sp³-hybridized carbons (Fsp3) is 0.294. The van der Waals surface area contributed by atoms with Crippen molar-refractivity contribution in [1.82, 2.24) is 29.7 Å². The number of likely N-dealkylation sites (N-methyl/N-ethyl adjacent to an activating group) is 1. The van der Waals surface area contributed by atoms with Gasteiger partial charge in [0, 0.05) is 67.3 Å². The van der Waals surface area contributed by atoms with Crippen LogP contribution in [0.3, 0.4) is 0 Å². The number of amides is 1. The maximum atomic E-state index is 14.2. The molecule has 0 spiro atoms. The maximum Gasteiger partial charge on any atom is 0.416 e. The molecule has 0 aliphatic carbocycles. The molecular weight excluding hydrogens is 593 g/mol. The van der Waals surface area contributed by atoms with E-state index in [-0.39, 0.29) is 17.7 Å². The lowest BCUT2D eigenvalue weighted by Crippen LogP contribution is -2.31. The summed E-state index contributed by atoms with van der Waals surface area (Å²) in [5.41, 5.74) is 1.49. The van der Waals surface area contributed by atoms with Crippen LogP contribution in [0.1, 0.15) is 44.9 Å². The molecule has 6 rings (SSSR count). The zero-order valence-electron chi connectivity index (χ0n) is 25.7. The fourth-order valence-electron chi connectivity index (χ4n) is 5.98. The third-order valence-electron chi connectivity index (χ3n) is 8.51. The summed E-state index contributed by atoms with van der Waals surface area (Å²) in [6.07, 6.45) is 8.02. The molecule has 46 heavy (non-hydrogen) atoms. The van der Waals surface area contributed by atoms with Gasteiger partial charge in [0.2, 0.25) is 0 Å². The van der Waals surface area contributed by atoms with Crippen LogP contribution in [-0.4, -0.2) is 75.1 Å². The van der Waals surface area contributed by atoms with E-state index in [0.29, 0.717) is 40.9 Å². The van der Waals surface area contributed by atoms with Crippen molar-refractivity contribution < 1.29 is 18.0 Å². The molecule has 1 saturated heterocycles. The lowest BCUT2D eigenvalue weighted by molar-refractivity contribution is -0.138. The van der Waals surface area contributed by atoms with Crippen LogP contribution >= 0.6 is 0 Å². The summed E-state index contributed by atoms with van der Waals surface area (Å²) in [4.78, 5) is 39.7. The van der Waals surface area contributed by atoms with E-state index in [2.05, 4.69) is 25.2 Å². The molecule has 2 aliphatic rings. The van der Waals surface area contributed by atoms with Crippen molar-refractivity contribution in [2.75, 3.05) is 32.5 Å². The second kappa shape index (κ2) is 12.5. The molecule has 4 heterocycles. The van der Waals surface area contributed by atoms with Crippen LogP contribution in [0.2, 0.25) is 0 Å². The number of likely N-dealkylation sites (tertiary alicyclic amines) is 1. The lowest BCUT2D eigenvalue weighted by Gasteiger charge is -2.26. The average molecular weight is 627 g/mol. The normalized spacial score (nSPS) is 19.7. The minimum Gasteiger partial charge on any atom is -0.322 e. The highest BCUT2D eigenvalue weighted by atomic mass is 19.4. The number of hydrogen-bond donors (Lipinski definition) is 1. The largest absolute Gasteiger partial charge is 0.416 e. The number of nitrogens with zero attached hydrogens (tertiary/aromatic N) is 7. The molecule has 1 amide bonds. The molecule has 236 valence electrons. The molecule has 2 unspecified atom stereocenters. The quantitative estimate of drug-likeness (QED) is 0.275. The third-order valence-corrected chi connectivity index (χ3v) is 8.51. The van der Waals surface area contributed by atoms with Crippen LogP contribution in [0.25, 0.3) is 11.3 Å². The number of aromatic nitrogens is 4. The second-order valence-corrected chi connectivity index (χ2v) is 11.8. The van der Waals surface area contributed by atoms with Gasteiger partial charge >= 0.3 is 6.18 Å². The first-order valence-electron chi connectivity index (χ1n) is 14.9. The topological polar surface area (TPSA) is 99.5 Å². The van der Waals surface area contributed by atoms with Crippen molar-refractivity contribution in [3.63, 3.8) is 0 Å². The standard InChI is InChI=1S/C34H33F3N8O/c1-22-5-8-26(16-28(22)33(11-4-12-41-33)32-40-13-9-30(43-32)25-17-38-21-39-18-25)42-31(46)23-6-7-24(29(15-23)34(35,36)37)19-45-14-10-27(20-45)44(2)3/h4-9,11-13,15-18,21,27H,10,14,19-20H2,1-3H3,(H,42,46). The zero-order chi connectivity index (χ0) is 32.5. The summed E-state index contributed by atoms with van der Waals surface area (Å²) in [5, 5.41) is 2.79. The minimum atomic E-state index is -4.61. The predicted molar refractivity (Wildman–Crippen MR) is 169 cm³/mol. The molecule has 1 fully saturated rings. The van der Waals surface area contributed by atoms with E-state index in [1.54, 1.807) is 49.1 Å². The van der Waals surface area contributed by atoms with Gasteiger partial charge < -0.3 is 10.2 Å². The Hall–Kier alpha value is -4.81. The number of aliphatic imine (C=N–C) groups is 1. The minimum absolute atomic E-state index is 0.0830. The van der Waals surface area contributed by atoms with Gasteiger partial charge in [0.15, 0.2) is 11.4 Å². The first-order valence-corrected chi connectivity index (χ1v) is 14.9. The summed E-state index contributed by atoms with van der Waals surface area (Å²) >= 11 is 0. The smallest absolute Gasteiger partial charge is 0.322 e. The van der Waals surface area contributed by atoms with Gasteiger partial charge in [-0.05, 0) is 86.6 Å². The first-order chi connectivity index (χ1) is 22.0. The van der Waals surface area contributed by atoms with Gasteiger partial charge in [-0.3, -0.25) is 14.7 Å². The third kappa shape index (κ3) is 6.31. The van der Waals surface area contributed by atoms with E-state index in [1.165, 1.54) is 18.5 Å². The van der Waals surface area contributed by atoms with Crippen molar-refractivity contribution >= 4 is 17.8 Å². The fourth-order valence-corrected chi connectivity index (χ4v) is 5.98. The highest BCUT2D eigenvalue weighted by Crippen LogP contribution is 2.39. The van der Waals surface area contributed by atoms with Crippen LogP contribution < -0.4 is 5.32 Å². The molecule has 0 radical (unpaired) electrons. The Morgan fingerprint density at radius 1 is 1.11 bits per heavy atom. The van der Waals surface area contributed by atoms with E-state index in [1.807, 2.05) is 38.1 Å². The Morgan fingerprint density at radius 3 is 2.61 bits per heavy atom. The number of rotatable bonds is 8. The van der Waals surface area contributed by atoms with E-state index in [0.717, 1.165) is 24.6 Å². The molecule has 1 N–H and O–H groups in total. The van der Waals surface area contributed by atoms with Gasteiger partial charge in [-0.1, -0.05) is 12.1 Å². The number of anilines is 1. The highest BCUT2D eigenvalue weighted by molar-refractivity contribution is 6.04. The molecule has 2 aliphatic heterocycles. The predicted octanol–water partition coefficient (Wildman–Crippen LogP) is 5.53. The van der Waals surface area contributed by atoms with Crippen molar-refractivity contribution in [3.05, 3.63) is 113 Å². The molecule has 12 heteroatoms. The number of alkyl halides is 3. The Balaban J connectivity index is 1.27. The number of carbonyl (C=O) groups is 1. The molecule has 9 nitrogen and oxygen atoms in total. The number of allylic oxidation sites excluding steroid dienone is 1. The van der Waals surface area contributed by atoms with E-state index in [9.17, 15) is 18.0 Å². The van der Waals surface area contributed by atoms with Crippen LogP contribution in [0, 0.1) is 6.92 Å². The van der Waals surface area contributed by atoms with Gasteiger partial charge in [0.05, 0.1) is 11.3 Å². The van der Waals surface area contributed by atoms with E-state index in [4.69, 9.17) is 9.98 Å². The molecule has 2 aromatic heterocycles. The molecule has 2 atom stereocenters. The number of carbonyl (C=O) groups excluding carboxylic acids is 1. The van der Waals surface area contributed by atoms with Gasteiger partial charge in [-0.15, -0.1) is 0 Å². The Kier molecular flexibility index (Phi) is 8.49. The zero-order valence-corrected chi connectivity index (χ0v) is 25.7. The molecular formula is C34H33F3N8O. The SMILES string of the molecule is Cc1ccc(NC(=O)c2ccc(CN3CCC(N(C)C)C3)c(C(F)(F)F)c2)cc1C1(c2nccc(-c3cncnc3)n2)C=CC=N1. The number of nitrogens with one attached hydrogen (secondary N) is 1. The van der Waals surface area contributed by atoms with Crippen molar-refractivity contribution in [1.29, 1.82) is 0 Å². The Labute approximate surface area is 265 Å². The van der Waals surface area contributed by atoms with Gasteiger partial charge in [0.1, 0.15) is 6.33 Å². The number of hydrogen-bond acceptors (Lipinski definition) is 8. The van der Waals surface area contributed by atoms with Crippen molar-refractivity contribution in [2.24, 2.45) is 4.99 Å². The average Bonchev–Trinajstić information content (AvgIpc) is 3.73. The van der Waals surface area contributed by atoms with E-state index < -0.39 is 23.2 Å². The van der Waals surface area contributed by atoms with Crippen molar-refractivity contribution in [3.8, 4) is 11.3 Å². The molecule has 0 saturated carbocycles. The summed E-state index contributed by atoms with van der Waals surface area (Å²) in [6.45, 7) is 3.49. The summed E-state index contributed by atoms with van der Waals surface area (Å²) in [5.74, 6) is -0.242. The van der Waals surface area contributed by atoms with Gasteiger partial charge in [-0.25, -0.2) is 19.9 Å². The van der Waals surface area contributed by atoms with Gasteiger partial charge in [0.25, 0.3) is 5.91 Å². The molecule has 0 bridgehead atoms. The Morgan fingerprint density at radius 2 is 1.91 bits per heavy atom. The molecule has 2 aromatic carbocycles. The van der Waals surface area contributed by atoms with Crippen LogP contribution in [0.4, 0.5) is 18.9 Å². The Bertz CT molecular complexity index is 1790. The monoisotopic (exact) mass is 626 g/mol. The summed E-state index contributed by atoms with van der Waals surface area (Å²) < 4.78 is 42.6. The van der Waals surface area contributed by atoms with Crippen LogP contribution in [0.15, 0.2) is 84.5 Å². The maximum absolute atomic E-state index is 14.2. The number of benzene rings is 2. The van der Waals surface area contributed by atoms with Crippen LogP contribution in [0.5, 0.6) is 0 Å². The summed E-state index contributed by atoms with van der Waals surface area (Å²) in [7, 11) is 3.95. The number of halogens is 3. The second-order valence-electron chi connectivity index (χ2n) is 11.8. The highest BCUT2D eigenvalue weighted by Gasteiger charge is 2.38. The van der Waals surface area contributed by atoms with Crippen molar-refractivity contribution in [2.45, 2.75) is 37.6 Å². The summed E-state index contributed by atoms with van der Waals surface area (Å²) in [6, 6.07) is 11.2. The lowest BCUT2D eigenvalue weighted by atomic mass is 9.86. The molecule has 4 aromatic rings. The number of aryl methyl sites for hydroxylation is 1. The van der Waals surface area contributed by atoms with Gasteiger partial charge in [-0.2, -0.15) is 13.2 Å². The van der Waals surface area contributed by atoms with E-state index >= 15 is 0 Å².